The van der Waals surface area contributed by atoms with E-state index in [0.717, 1.165) is 19.3 Å². The zero-order valence-corrected chi connectivity index (χ0v) is 8.38. The van der Waals surface area contributed by atoms with E-state index in [2.05, 4.69) is 12.2 Å². The van der Waals surface area contributed by atoms with Crippen LogP contribution in [0.1, 0.15) is 45.4 Å². The van der Waals surface area contributed by atoms with Gasteiger partial charge in [-0.05, 0) is 32.6 Å². The molecule has 1 heterocycles. The molecule has 2 unspecified atom stereocenters. The van der Waals surface area contributed by atoms with Crippen LogP contribution < -0.4 is 5.32 Å². The maximum Gasteiger partial charge on any atom is 0.137 e. The Hall–Kier alpha value is -0.370. The Labute approximate surface area is 80.1 Å². The first-order valence-electron chi connectivity index (χ1n) is 5.54. The Morgan fingerprint density at radius 1 is 1.31 bits per heavy atom. The molecule has 0 radical (unpaired) electrons. The molecule has 1 saturated carbocycles. The molecule has 2 nitrogen and oxygen atoms in total. The number of carbonyl (C=O) groups excluding carboxylic acids is 1. The molecular weight excluding hydrogens is 162 g/mol. The highest BCUT2D eigenvalue weighted by Gasteiger charge is 2.31. The minimum atomic E-state index is 0.444. The summed E-state index contributed by atoms with van der Waals surface area (Å²) in [6.07, 6.45) is 6.85. The third kappa shape index (κ3) is 2.53. The molecule has 13 heavy (non-hydrogen) atoms. The predicted molar refractivity (Wildman–Crippen MR) is 52.6 cm³/mol. The van der Waals surface area contributed by atoms with E-state index < -0.39 is 0 Å². The van der Waals surface area contributed by atoms with Gasteiger partial charge in [-0.25, -0.2) is 0 Å². The molecule has 0 amide bonds. The van der Waals surface area contributed by atoms with Gasteiger partial charge in [0.2, 0.25) is 0 Å². The van der Waals surface area contributed by atoms with E-state index in [-0.39, 0.29) is 0 Å². The number of nitrogens with one attached hydrogen (secondary N) is 1. The molecule has 1 aliphatic carbocycles. The van der Waals surface area contributed by atoms with Crippen LogP contribution in [0, 0.1) is 5.92 Å². The van der Waals surface area contributed by atoms with E-state index in [4.69, 9.17) is 0 Å². The van der Waals surface area contributed by atoms with Gasteiger partial charge in [0.1, 0.15) is 5.78 Å². The fourth-order valence-corrected chi connectivity index (χ4v) is 2.22. The molecule has 1 saturated heterocycles. The molecule has 0 aromatic heterocycles. The summed E-state index contributed by atoms with van der Waals surface area (Å²) >= 11 is 0. The fraction of sp³-hybridized carbons (Fsp3) is 0.909. The van der Waals surface area contributed by atoms with Crippen molar-refractivity contribution < 1.29 is 4.79 Å². The van der Waals surface area contributed by atoms with Crippen LogP contribution in [0.4, 0.5) is 0 Å². The average Bonchev–Trinajstić information content (AvgIpc) is 2.85. The van der Waals surface area contributed by atoms with Gasteiger partial charge in [-0.2, -0.15) is 0 Å². The van der Waals surface area contributed by atoms with Gasteiger partial charge in [-0.15, -0.1) is 0 Å². The predicted octanol–water partition coefficient (Wildman–Crippen LogP) is 1.89. The third-order valence-corrected chi connectivity index (χ3v) is 3.19. The van der Waals surface area contributed by atoms with E-state index in [1.165, 1.54) is 19.3 Å². The molecule has 2 rings (SSSR count). The zero-order chi connectivity index (χ0) is 9.26. The van der Waals surface area contributed by atoms with Crippen LogP contribution in [0.2, 0.25) is 0 Å². The van der Waals surface area contributed by atoms with E-state index in [9.17, 15) is 4.79 Å². The lowest BCUT2D eigenvalue weighted by atomic mass is 9.95. The van der Waals surface area contributed by atoms with Crippen molar-refractivity contribution in [2.45, 2.75) is 57.5 Å². The monoisotopic (exact) mass is 181 g/mol. The van der Waals surface area contributed by atoms with Crippen LogP contribution in [0.25, 0.3) is 0 Å². The SMILES string of the molecule is CC1CCCC(CC(=O)C2CC2)N1. The smallest absolute Gasteiger partial charge is 0.137 e. The Kier molecular flexibility index (Phi) is 2.68. The molecule has 2 fully saturated rings. The molecule has 2 atom stereocenters. The van der Waals surface area contributed by atoms with Crippen LogP contribution in [0.5, 0.6) is 0 Å². The molecule has 74 valence electrons. The first-order valence-corrected chi connectivity index (χ1v) is 5.54. The van der Waals surface area contributed by atoms with Gasteiger partial charge < -0.3 is 5.32 Å². The number of ketones is 1. The second kappa shape index (κ2) is 3.79. The van der Waals surface area contributed by atoms with Crippen molar-refractivity contribution in [3.63, 3.8) is 0 Å². The molecule has 1 N–H and O–H groups in total. The quantitative estimate of drug-likeness (QED) is 0.720. The molecule has 0 spiro atoms. The minimum absolute atomic E-state index is 0.444. The van der Waals surface area contributed by atoms with Gasteiger partial charge in [0.25, 0.3) is 0 Å². The largest absolute Gasteiger partial charge is 0.311 e. The lowest BCUT2D eigenvalue weighted by molar-refractivity contribution is -0.120. The Morgan fingerprint density at radius 3 is 2.69 bits per heavy atom. The first-order chi connectivity index (χ1) is 6.25. The van der Waals surface area contributed by atoms with Crippen molar-refractivity contribution in [2.75, 3.05) is 0 Å². The molecule has 0 aromatic carbocycles. The van der Waals surface area contributed by atoms with Crippen LogP contribution in [0.3, 0.4) is 0 Å². The maximum absolute atomic E-state index is 11.5. The van der Waals surface area contributed by atoms with Gasteiger partial charge in [0.05, 0.1) is 0 Å². The highest BCUT2D eigenvalue weighted by atomic mass is 16.1. The minimum Gasteiger partial charge on any atom is -0.311 e. The van der Waals surface area contributed by atoms with Crippen molar-refractivity contribution in [1.29, 1.82) is 0 Å². The van der Waals surface area contributed by atoms with Crippen molar-refractivity contribution in [1.82, 2.24) is 5.32 Å². The summed E-state index contributed by atoms with van der Waals surface area (Å²) in [6, 6.07) is 1.10. The summed E-state index contributed by atoms with van der Waals surface area (Å²) in [5.74, 6) is 0.950. The van der Waals surface area contributed by atoms with E-state index in [0.29, 0.717) is 23.8 Å². The van der Waals surface area contributed by atoms with E-state index in [1.54, 1.807) is 0 Å². The Bertz CT molecular complexity index is 198. The average molecular weight is 181 g/mol. The van der Waals surface area contributed by atoms with E-state index >= 15 is 0 Å². The number of Topliss-reactive ketones (excluding diaryl/α,β-unsaturated/α-hetero) is 1. The number of hydrogen-bond donors (Lipinski definition) is 1. The summed E-state index contributed by atoms with van der Waals surface area (Å²) in [4.78, 5) is 11.5. The van der Waals surface area contributed by atoms with Gasteiger partial charge in [0, 0.05) is 24.4 Å². The van der Waals surface area contributed by atoms with Gasteiger partial charge in [-0.1, -0.05) is 6.42 Å². The molecule has 2 heteroatoms. The van der Waals surface area contributed by atoms with Crippen LogP contribution in [-0.4, -0.2) is 17.9 Å². The summed E-state index contributed by atoms with van der Waals surface area (Å²) < 4.78 is 0. The Balaban J connectivity index is 1.76. The molecule has 2 aliphatic rings. The summed E-state index contributed by atoms with van der Waals surface area (Å²) in [5, 5.41) is 3.51. The standard InChI is InChI=1S/C11H19NO/c1-8-3-2-4-10(12-8)7-11(13)9-5-6-9/h8-10,12H,2-7H2,1H3. The number of carbonyl (C=O) groups is 1. The van der Waals surface area contributed by atoms with Gasteiger partial charge in [-0.3, -0.25) is 4.79 Å². The van der Waals surface area contributed by atoms with Crippen molar-refractivity contribution >= 4 is 5.78 Å². The Morgan fingerprint density at radius 2 is 2.08 bits per heavy atom. The third-order valence-electron chi connectivity index (χ3n) is 3.19. The second-order valence-corrected chi connectivity index (χ2v) is 4.64. The number of piperidine rings is 1. The molecule has 1 aliphatic heterocycles. The summed E-state index contributed by atoms with van der Waals surface area (Å²) in [5.41, 5.74) is 0. The number of rotatable bonds is 3. The van der Waals surface area contributed by atoms with E-state index in [1.807, 2.05) is 0 Å². The van der Waals surface area contributed by atoms with Gasteiger partial charge in [0.15, 0.2) is 0 Å². The highest BCUT2D eigenvalue weighted by Crippen LogP contribution is 2.32. The van der Waals surface area contributed by atoms with Crippen LogP contribution >= 0.6 is 0 Å². The number of hydrogen-bond acceptors (Lipinski definition) is 2. The molecule has 0 aromatic rings. The van der Waals surface area contributed by atoms with Crippen molar-refractivity contribution in [3.05, 3.63) is 0 Å². The molecular formula is C11H19NO. The van der Waals surface area contributed by atoms with Crippen LogP contribution in [0.15, 0.2) is 0 Å². The summed E-state index contributed by atoms with van der Waals surface area (Å²) in [6.45, 7) is 2.22. The zero-order valence-electron chi connectivity index (χ0n) is 8.38. The summed E-state index contributed by atoms with van der Waals surface area (Å²) in [7, 11) is 0. The van der Waals surface area contributed by atoms with Crippen molar-refractivity contribution in [3.8, 4) is 0 Å². The fourth-order valence-electron chi connectivity index (χ4n) is 2.22. The first kappa shape index (κ1) is 9.20. The lowest BCUT2D eigenvalue weighted by Gasteiger charge is -2.28. The molecule has 0 bridgehead atoms. The van der Waals surface area contributed by atoms with Crippen molar-refractivity contribution in [2.24, 2.45) is 5.92 Å². The van der Waals surface area contributed by atoms with Crippen LogP contribution in [-0.2, 0) is 4.79 Å². The highest BCUT2D eigenvalue weighted by molar-refractivity contribution is 5.83. The topological polar surface area (TPSA) is 29.1 Å². The maximum atomic E-state index is 11.5. The lowest BCUT2D eigenvalue weighted by Crippen LogP contribution is -2.41. The normalized spacial score (nSPS) is 34.5. The second-order valence-electron chi connectivity index (χ2n) is 4.64. The van der Waals surface area contributed by atoms with Gasteiger partial charge >= 0.3 is 0 Å².